The zero-order valence-corrected chi connectivity index (χ0v) is 16.4. The average molecular weight is 392 g/mol. The number of aryl methyl sites for hydroxylation is 1. The molecule has 28 heavy (non-hydrogen) atoms. The Morgan fingerprint density at radius 1 is 1.11 bits per heavy atom. The van der Waals surface area contributed by atoms with Crippen LogP contribution in [0.15, 0.2) is 64.8 Å². The zero-order valence-electron chi connectivity index (χ0n) is 15.5. The first kappa shape index (κ1) is 18.3. The molecule has 3 aromatic rings. The molecule has 0 saturated heterocycles. The standard InChI is InChI=1S/C21H20N4O2S/c1-2-27-20(26)19-24-25(16-11-4-3-5-12-16)21(28-19)23-22-18-14-8-10-15-9-6-7-13-17(15)18/h3-7,9,11-13H,2,8,10,14H2,1H3/b22-18+,23-21+. The van der Waals surface area contributed by atoms with Crippen molar-refractivity contribution >= 4 is 23.0 Å². The molecule has 2 aromatic carbocycles. The first-order valence-corrected chi connectivity index (χ1v) is 10.1. The molecule has 0 amide bonds. The summed E-state index contributed by atoms with van der Waals surface area (Å²) in [7, 11) is 0. The van der Waals surface area contributed by atoms with Crippen LogP contribution in [-0.2, 0) is 11.2 Å². The predicted octanol–water partition coefficient (Wildman–Crippen LogP) is 3.75. The molecule has 0 radical (unpaired) electrons. The predicted molar refractivity (Wildman–Crippen MR) is 109 cm³/mol. The lowest BCUT2D eigenvalue weighted by Gasteiger charge is -2.16. The maximum absolute atomic E-state index is 12.1. The number of para-hydroxylation sites is 1. The quantitative estimate of drug-likeness (QED) is 0.502. The minimum Gasteiger partial charge on any atom is -0.461 e. The number of carbonyl (C=O) groups is 1. The van der Waals surface area contributed by atoms with Gasteiger partial charge in [0.25, 0.3) is 0 Å². The van der Waals surface area contributed by atoms with Crippen LogP contribution in [0.5, 0.6) is 0 Å². The zero-order chi connectivity index (χ0) is 19.3. The Labute approximate surface area is 166 Å². The summed E-state index contributed by atoms with van der Waals surface area (Å²) in [5.41, 5.74) is 4.24. The van der Waals surface area contributed by atoms with E-state index in [9.17, 15) is 4.79 Å². The molecule has 0 atom stereocenters. The van der Waals surface area contributed by atoms with Crippen molar-refractivity contribution in [3.8, 4) is 5.69 Å². The van der Waals surface area contributed by atoms with Crippen LogP contribution in [0.1, 0.15) is 40.7 Å². The van der Waals surface area contributed by atoms with Crippen LogP contribution in [-0.4, -0.2) is 28.1 Å². The molecule has 0 N–H and O–H groups in total. The van der Waals surface area contributed by atoms with Crippen molar-refractivity contribution in [2.75, 3.05) is 6.61 Å². The van der Waals surface area contributed by atoms with Crippen molar-refractivity contribution in [1.29, 1.82) is 0 Å². The van der Waals surface area contributed by atoms with Gasteiger partial charge in [-0.15, -0.1) is 10.2 Å². The van der Waals surface area contributed by atoms with Gasteiger partial charge in [-0.05, 0) is 43.9 Å². The Balaban J connectivity index is 1.79. The van der Waals surface area contributed by atoms with Gasteiger partial charge in [0.15, 0.2) is 0 Å². The van der Waals surface area contributed by atoms with Crippen molar-refractivity contribution in [2.24, 2.45) is 10.2 Å². The van der Waals surface area contributed by atoms with E-state index >= 15 is 0 Å². The Kier molecular flexibility index (Phi) is 5.43. The number of benzene rings is 2. The van der Waals surface area contributed by atoms with Gasteiger partial charge >= 0.3 is 5.97 Å². The first-order valence-electron chi connectivity index (χ1n) is 9.28. The smallest absolute Gasteiger partial charge is 0.369 e. The van der Waals surface area contributed by atoms with Crippen LogP contribution in [0, 0.1) is 0 Å². The lowest BCUT2D eigenvalue weighted by molar-refractivity contribution is 0.0524. The second-order valence-corrected chi connectivity index (χ2v) is 7.27. The van der Waals surface area contributed by atoms with E-state index in [-0.39, 0.29) is 5.01 Å². The molecular formula is C21H20N4O2S. The van der Waals surface area contributed by atoms with Crippen molar-refractivity contribution in [2.45, 2.75) is 26.2 Å². The molecule has 4 rings (SSSR count). The fraction of sp³-hybridized carbons (Fsp3) is 0.238. The number of ether oxygens (including phenoxy) is 1. The van der Waals surface area contributed by atoms with E-state index in [1.165, 1.54) is 16.9 Å². The number of fused-ring (bicyclic) bond motifs is 1. The lowest BCUT2D eigenvalue weighted by Crippen LogP contribution is -2.15. The molecule has 0 fully saturated rings. The highest BCUT2D eigenvalue weighted by Crippen LogP contribution is 2.21. The molecule has 7 heteroatoms. The highest BCUT2D eigenvalue weighted by molar-refractivity contribution is 7.10. The van der Waals surface area contributed by atoms with E-state index in [4.69, 9.17) is 4.74 Å². The van der Waals surface area contributed by atoms with Crippen LogP contribution in [0.2, 0.25) is 0 Å². The van der Waals surface area contributed by atoms with Gasteiger partial charge in [-0.25, -0.2) is 9.48 Å². The van der Waals surface area contributed by atoms with Crippen molar-refractivity contribution in [3.05, 3.63) is 75.5 Å². The van der Waals surface area contributed by atoms with Crippen LogP contribution in [0.3, 0.4) is 0 Å². The molecule has 142 valence electrons. The molecule has 0 aliphatic heterocycles. The summed E-state index contributed by atoms with van der Waals surface area (Å²) in [6, 6.07) is 17.9. The van der Waals surface area contributed by atoms with Crippen molar-refractivity contribution < 1.29 is 9.53 Å². The third kappa shape index (κ3) is 3.80. The Bertz CT molecular complexity index is 1080. The van der Waals surface area contributed by atoms with Crippen LogP contribution < -0.4 is 4.80 Å². The minimum absolute atomic E-state index is 0.258. The Morgan fingerprint density at radius 2 is 1.89 bits per heavy atom. The molecule has 0 spiro atoms. The molecule has 1 aliphatic rings. The molecule has 1 aliphatic carbocycles. The summed E-state index contributed by atoms with van der Waals surface area (Å²) >= 11 is 1.18. The highest BCUT2D eigenvalue weighted by Gasteiger charge is 2.17. The van der Waals surface area contributed by atoms with Gasteiger partial charge in [0.05, 0.1) is 18.0 Å². The monoisotopic (exact) mass is 392 g/mol. The van der Waals surface area contributed by atoms with Crippen LogP contribution in [0.25, 0.3) is 5.69 Å². The molecule has 0 saturated carbocycles. The molecule has 0 unspecified atom stereocenters. The van der Waals surface area contributed by atoms with Gasteiger partial charge in [-0.2, -0.15) is 5.10 Å². The maximum Gasteiger partial charge on any atom is 0.369 e. The molecular weight excluding hydrogens is 372 g/mol. The number of carbonyl (C=O) groups excluding carboxylic acids is 1. The summed E-state index contributed by atoms with van der Waals surface area (Å²) < 4.78 is 6.73. The topological polar surface area (TPSA) is 68.8 Å². The SMILES string of the molecule is CCOC(=O)c1nn(-c2ccccc2)/c(=N\N=C2/CCCc3ccccc32)s1. The summed E-state index contributed by atoms with van der Waals surface area (Å²) in [4.78, 5) is 12.7. The van der Waals surface area contributed by atoms with Gasteiger partial charge < -0.3 is 4.74 Å². The number of hydrogen-bond donors (Lipinski definition) is 0. The van der Waals surface area contributed by atoms with Gasteiger partial charge in [0.1, 0.15) is 0 Å². The Morgan fingerprint density at radius 3 is 2.71 bits per heavy atom. The van der Waals surface area contributed by atoms with E-state index in [1.807, 2.05) is 36.4 Å². The number of hydrogen-bond acceptors (Lipinski definition) is 6. The van der Waals surface area contributed by atoms with Crippen LogP contribution >= 0.6 is 11.3 Å². The number of nitrogens with zero attached hydrogens (tertiary/aromatic N) is 4. The first-order chi connectivity index (χ1) is 13.8. The molecule has 6 nitrogen and oxygen atoms in total. The Hall–Kier alpha value is -3.06. The van der Waals surface area contributed by atoms with E-state index < -0.39 is 5.97 Å². The molecule has 1 aromatic heterocycles. The highest BCUT2D eigenvalue weighted by atomic mass is 32.1. The largest absolute Gasteiger partial charge is 0.461 e. The van der Waals surface area contributed by atoms with Gasteiger partial charge in [0, 0.05) is 5.56 Å². The average Bonchev–Trinajstić information content (AvgIpc) is 3.17. The van der Waals surface area contributed by atoms with Gasteiger partial charge in [0.2, 0.25) is 9.81 Å². The number of esters is 1. The van der Waals surface area contributed by atoms with E-state index in [0.29, 0.717) is 11.4 Å². The fourth-order valence-corrected chi connectivity index (χ4v) is 3.92. The lowest BCUT2D eigenvalue weighted by atomic mass is 9.90. The number of aromatic nitrogens is 2. The van der Waals surface area contributed by atoms with Gasteiger partial charge in [-0.1, -0.05) is 53.8 Å². The number of rotatable bonds is 4. The molecule has 0 bridgehead atoms. The van der Waals surface area contributed by atoms with E-state index in [1.54, 1.807) is 11.6 Å². The third-order valence-electron chi connectivity index (χ3n) is 4.46. The summed E-state index contributed by atoms with van der Waals surface area (Å²) in [5, 5.41) is 13.7. The fourth-order valence-electron chi connectivity index (χ4n) is 3.17. The maximum atomic E-state index is 12.1. The summed E-state index contributed by atoms with van der Waals surface area (Å²) in [6.45, 7) is 2.07. The second kappa shape index (κ2) is 8.31. The summed E-state index contributed by atoms with van der Waals surface area (Å²) in [5.74, 6) is -0.450. The van der Waals surface area contributed by atoms with Gasteiger partial charge in [-0.3, -0.25) is 0 Å². The van der Waals surface area contributed by atoms with Crippen molar-refractivity contribution in [3.63, 3.8) is 0 Å². The minimum atomic E-state index is -0.450. The van der Waals surface area contributed by atoms with E-state index in [0.717, 1.165) is 36.2 Å². The normalized spacial score (nSPS) is 15.5. The third-order valence-corrected chi connectivity index (χ3v) is 5.33. The van der Waals surface area contributed by atoms with E-state index in [2.05, 4.69) is 33.5 Å². The molecule has 1 heterocycles. The summed E-state index contributed by atoms with van der Waals surface area (Å²) in [6.07, 6.45) is 3.00. The second-order valence-electron chi connectivity index (χ2n) is 6.32. The van der Waals surface area contributed by atoms with Crippen LogP contribution in [0.4, 0.5) is 0 Å². The van der Waals surface area contributed by atoms with Crippen molar-refractivity contribution in [1.82, 2.24) is 9.78 Å².